The molecule has 1 N–H and O–H groups in total. The number of nitrogens with one attached hydrogen (secondary N) is 1. The molecule has 0 atom stereocenters. The number of aromatic nitrogens is 3. The molecule has 3 aromatic rings. The van der Waals surface area contributed by atoms with Gasteiger partial charge in [0.05, 0.1) is 11.2 Å². The number of halogens is 1. The van der Waals surface area contributed by atoms with Crippen LogP contribution in [0.4, 0.5) is 4.39 Å². The van der Waals surface area contributed by atoms with E-state index >= 15 is 0 Å². The quantitative estimate of drug-likeness (QED) is 0.800. The second kappa shape index (κ2) is 6.11. The largest absolute Gasteiger partial charge is 0.347 e. The van der Waals surface area contributed by atoms with E-state index in [1.54, 1.807) is 29.8 Å². The minimum Gasteiger partial charge on any atom is -0.347 e. The third-order valence-electron chi connectivity index (χ3n) is 4.52. The molecule has 2 heterocycles. The number of fused-ring (bicyclic) bond motifs is 1. The number of nitrogens with zero attached hydrogens (tertiary/aromatic N) is 3. The average molecular weight is 328 g/mol. The van der Waals surface area contributed by atoms with Crippen LogP contribution in [0.2, 0.25) is 0 Å². The lowest BCUT2D eigenvalue weighted by molar-refractivity contribution is 0.0943. The van der Waals surface area contributed by atoms with Gasteiger partial charge >= 0.3 is 0 Å². The summed E-state index contributed by atoms with van der Waals surface area (Å²) in [5.74, 6) is -0.547. The van der Waals surface area contributed by atoms with E-state index < -0.39 is 0 Å². The predicted octanol–water partition coefficient (Wildman–Crippen LogP) is 3.08. The van der Waals surface area contributed by atoms with Gasteiger partial charge in [-0.1, -0.05) is 6.07 Å². The van der Waals surface area contributed by atoms with Gasteiger partial charge in [0.15, 0.2) is 0 Å². The van der Waals surface area contributed by atoms with Gasteiger partial charge in [-0.15, -0.1) is 0 Å². The Labute approximate surface area is 140 Å². The van der Waals surface area contributed by atoms with Crippen molar-refractivity contribution in [2.75, 3.05) is 0 Å². The number of hydrogen-bond donors (Lipinski definition) is 1. The Hall–Kier alpha value is -2.63. The summed E-state index contributed by atoms with van der Waals surface area (Å²) in [4.78, 5) is 12.5. The number of amides is 1. The van der Waals surface area contributed by atoms with Gasteiger partial charge in [0, 0.05) is 36.8 Å². The second-order valence-electron chi connectivity index (χ2n) is 5.91. The summed E-state index contributed by atoms with van der Waals surface area (Å²) in [6.45, 7) is 7.17. The lowest BCUT2D eigenvalue weighted by Crippen LogP contribution is -2.25. The second-order valence-corrected chi connectivity index (χ2v) is 5.91. The normalized spacial score (nSPS) is 11.2. The van der Waals surface area contributed by atoms with Gasteiger partial charge in [-0.3, -0.25) is 9.48 Å². The van der Waals surface area contributed by atoms with Crippen LogP contribution in [0.25, 0.3) is 10.9 Å². The van der Waals surface area contributed by atoms with Crippen LogP contribution < -0.4 is 5.32 Å². The molecule has 6 heteroatoms. The van der Waals surface area contributed by atoms with Crippen molar-refractivity contribution >= 4 is 16.8 Å². The Morgan fingerprint density at radius 3 is 2.71 bits per heavy atom. The molecule has 0 aliphatic carbocycles. The van der Waals surface area contributed by atoms with E-state index in [-0.39, 0.29) is 11.7 Å². The van der Waals surface area contributed by atoms with Crippen LogP contribution in [0.1, 0.15) is 34.4 Å². The molecule has 0 saturated carbocycles. The van der Waals surface area contributed by atoms with Gasteiger partial charge in [-0.05, 0) is 39.0 Å². The molecular formula is C18H21FN4O. The molecule has 5 nitrogen and oxygen atoms in total. The summed E-state index contributed by atoms with van der Waals surface area (Å²) in [6, 6.07) is 6.44. The van der Waals surface area contributed by atoms with E-state index in [0.717, 1.165) is 23.5 Å². The molecule has 1 amide bonds. The Bertz CT molecular complexity index is 923. The zero-order valence-electron chi connectivity index (χ0n) is 14.4. The van der Waals surface area contributed by atoms with Crippen molar-refractivity contribution in [3.05, 3.63) is 52.7 Å². The van der Waals surface area contributed by atoms with E-state index in [1.165, 1.54) is 6.07 Å². The maximum absolute atomic E-state index is 13.9. The number of aryl methyl sites for hydroxylation is 3. The molecule has 3 rings (SSSR count). The molecule has 0 radical (unpaired) electrons. The minimum atomic E-state index is -0.321. The molecule has 0 saturated heterocycles. The van der Waals surface area contributed by atoms with Crippen LogP contribution in [-0.2, 0) is 20.1 Å². The monoisotopic (exact) mass is 328 g/mol. The summed E-state index contributed by atoms with van der Waals surface area (Å²) in [5, 5.41) is 7.83. The number of carbonyl (C=O) groups excluding carboxylic acids is 1. The molecule has 1 aromatic carbocycles. The zero-order chi connectivity index (χ0) is 17.4. The minimum absolute atomic E-state index is 0.226. The summed E-state index contributed by atoms with van der Waals surface area (Å²) >= 11 is 0. The molecule has 2 aromatic heterocycles. The van der Waals surface area contributed by atoms with Crippen molar-refractivity contribution in [1.29, 1.82) is 0 Å². The highest BCUT2D eigenvalue weighted by Gasteiger charge is 2.17. The maximum Gasteiger partial charge on any atom is 0.268 e. The van der Waals surface area contributed by atoms with Crippen molar-refractivity contribution < 1.29 is 9.18 Å². The Morgan fingerprint density at radius 1 is 1.33 bits per heavy atom. The molecule has 0 spiro atoms. The molecule has 0 aliphatic heterocycles. The highest BCUT2D eigenvalue weighted by atomic mass is 19.1. The van der Waals surface area contributed by atoms with Crippen LogP contribution >= 0.6 is 0 Å². The standard InChI is InChI=1S/C18H21FN4O/c1-5-23-12(3)14(11(2)21-23)10-20-18(24)17-9-13-15(19)7-6-8-16(13)22(17)4/h6-9H,5,10H2,1-4H3,(H,20,24). The van der Waals surface area contributed by atoms with Crippen molar-refractivity contribution in [3.63, 3.8) is 0 Å². The van der Waals surface area contributed by atoms with Crippen LogP contribution in [0.15, 0.2) is 24.3 Å². The number of hydrogen-bond acceptors (Lipinski definition) is 2. The first-order valence-corrected chi connectivity index (χ1v) is 7.99. The van der Waals surface area contributed by atoms with E-state index in [1.807, 2.05) is 25.5 Å². The molecule has 126 valence electrons. The first kappa shape index (κ1) is 16.2. The van der Waals surface area contributed by atoms with Gasteiger partial charge in [0.25, 0.3) is 5.91 Å². The van der Waals surface area contributed by atoms with Crippen molar-refractivity contribution in [1.82, 2.24) is 19.7 Å². The molecule has 24 heavy (non-hydrogen) atoms. The first-order chi connectivity index (χ1) is 11.4. The number of benzene rings is 1. The van der Waals surface area contributed by atoms with Crippen LogP contribution in [0.5, 0.6) is 0 Å². The fourth-order valence-corrected chi connectivity index (χ4v) is 3.10. The lowest BCUT2D eigenvalue weighted by Gasteiger charge is -2.07. The molecule has 0 fully saturated rings. The zero-order valence-corrected chi connectivity index (χ0v) is 14.4. The van der Waals surface area contributed by atoms with E-state index in [0.29, 0.717) is 23.1 Å². The van der Waals surface area contributed by atoms with Crippen molar-refractivity contribution in [3.8, 4) is 0 Å². The number of carbonyl (C=O) groups is 1. The highest BCUT2D eigenvalue weighted by molar-refractivity contribution is 5.98. The fraction of sp³-hybridized carbons (Fsp3) is 0.333. The molecule has 0 unspecified atom stereocenters. The highest BCUT2D eigenvalue weighted by Crippen LogP contribution is 2.21. The molecule has 0 bridgehead atoms. The van der Waals surface area contributed by atoms with Gasteiger partial charge in [0.2, 0.25) is 0 Å². The predicted molar refractivity (Wildman–Crippen MR) is 91.4 cm³/mol. The van der Waals surface area contributed by atoms with E-state index in [2.05, 4.69) is 10.4 Å². The SMILES string of the molecule is CCn1nc(C)c(CNC(=O)c2cc3c(F)cccc3n2C)c1C. The Morgan fingerprint density at radius 2 is 2.08 bits per heavy atom. The van der Waals surface area contributed by atoms with Crippen LogP contribution in [0, 0.1) is 19.7 Å². The number of rotatable bonds is 4. The Balaban J connectivity index is 1.85. The van der Waals surface area contributed by atoms with Crippen molar-refractivity contribution in [2.24, 2.45) is 7.05 Å². The first-order valence-electron chi connectivity index (χ1n) is 7.99. The average Bonchev–Trinajstić information content (AvgIpc) is 3.04. The van der Waals surface area contributed by atoms with E-state index in [9.17, 15) is 9.18 Å². The van der Waals surface area contributed by atoms with Gasteiger partial charge in [0.1, 0.15) is 11.5 Å². The maximum atomic E-state index is 13.9. The summed E-state index contributed by atoms with van der Waals surface area (Å²) in [7, 11) is 1.77. The molecular weight excluding hydrogens is 307 g/mol. The summed E-state index contributed by atoms with van der Waals surface area (Å²) < 4.78 is 17.5. The third-order valence-corrected chi connectivity index (χ3v) is 4.52. The van der Waals surface area contributed by atoms with Crippen LogP contribution in [0.3, 0.4) is 0 Å². The summed E-state index contributed by atoms with van der Waals surface area (Å²) in [5.41, 5.74) is 4.13. The fourth-order valence-electron chi connectivity index (χ4n) is 3.10. The van der Waals surface area contributed by atoms with E-state index in [4.69, 9.17) is 0 Å². The van der Waals surface area contributed by atoms with Gasteiger partial charge in [-0.2, -0.15) is 5.10 Å². The lowest BCUT2D eigenvalue weighted by atomic mass is 10.2. The van der Waals surface area contributed by atoms with Crippen LogP contribution in [-0.4, -0.2) is 20.3 Å². The van der Waals surface area contributed by atoms with Crippen molar-refractivity contribution in [2.45, 2.75) is 33.9 Å². The topological polar surface area (TPSA) is 51.9 Å². The van der Waals surface area contributed by atoms with Gasteiger partial charge in [-0.25, -0.2) is 4.39 Å². The smallest absolute Gasteiger partial charge is 0.268 e. The Kier molecular flexibility index (Phi) is 4.13. The third kappa shape index (κ3) is 2.58. The summed E-state index contributed by atoms with van der Waals surface area (Å²) in [6.07, 6.45) is 0. The van der Waals surface area contributed by atoms with Gasteiger partial charge < -0.3 is 9.88 Å². The molecule has 0 aliphatic rings.